The summed E-state index contributed by atoms with van der Waals surface area (Å²) in [5.74, 6) is 0. The van der Waals surface area contributed by atoms with Crippen LogP contribution in [0.3, 0.4) is 0 Å². The summed E-state index contributed by atoms with van der Waals surface area (Å²) < 4.78 is 4.55. The van der Waals surface area contributed by atoms with Crippen molar-refractivity contribution in [1.82, 2.24) is 20.1 Å². The van der Waals surface area contributed by atoms with E-state index in [4.69, 9.17) is 17.3 Å². The van der Waals surface area contributed by atoms with E-state index in [0.717, 1.165) is 28.8 Å². The minimum Gasteiger partial charge on any atom is -0.462 e. The number of nitrogen functional groups attached to an aromatic ring is 1. The van der Waals surface area contributed by atoms with E-state index in [1.165, 1.54) is 12.8 Å². The first-order valence-corrected chi connectivity index (χ1v) is 10.7. The van der Waals surface area contributed by atoms with Crippen LogP contribution in [0.2, 0.25) is 5.15 Å². The highest BCUT2D eigenvalue weighted by Crippen LogP contribution is 2.36. The van der Waals surface area contributed by atoms with Crippen LogP contribution < -0.4 is 10.6 Å². The number of piperazine rings is 1. The summed E-state index contributed by atoms with van der Waals surface area (Å²) in [6.45, 7) is 7.97. The summed E-state index contributed by atoms with van der Waals surface area (Å²) in [7, 11) is 2.23. The Balaban J connectivity index is 0.000000298. The number of halogens is 1. The number of carbonyl (C=O) groups is 1. The van der Waals surface area contributed by atoms with Crippen LogP contribution in [0.15, 0.2) is 12.3 Å². The molecule has 158 valence electrons. The van der Waals surface area contributed by atoms with E-state index in [2.05, 4.69) is 36.8 Å². The summed E-state index contributed by atoms with van der Waals surface area (Å²) in [6.07, 6.45) is 4.21. The van der Waals surface area contributed by atoms with Gasteiger partial charge in [0.15, 0.2) is 5.01 Å². The molecule has 29 heavy (non-hydrogen) atoms. The number of nitrogens with zero attached hydrogens (tertiary/aromatic N) is 5. The SMILES string of the molecule is CC(C)(C)OC=O.CN1C2CCC1CN(c1nnc(-c3cnc(Cl)cc3N)s1)C2. The van der Waals surface area contributed by atoms with E-state index in [9.17, 15) is 4.79 Å². The number of fused-ring (bicyclic) bond motifs is 2. The zero-order chi connectivity index (χ0) is 21.2. The molecular weight excluding hydrogens is 412 g/mol. The monoisotopic (exact) mass is 438 g/mol. The molecule has 0 saturated carbocycles. The number of carbonyl (C=O) groups excluding carboxylic acids is 1. The lowest BCUT2D eigenvalue weighted by Crippen LogP contribution is -2.52. The summed E-state index contributed by atoms with van der Waals surface area (Å²) in [6, 6.07) is 2.91. The van der Waals surface area contributed by atoms with E-state index < -0.39 is 0 Å². The molecular formula is C19H27ClN6O2S. The normalized spacial score (nSPS) is 21.5. The van der Waals surface area contributed by atoms with Crippen molar-refractivity contribution in [2.24, 2.45) is 0 Å². The number of ether oxygens (including phenoxy) is 1. The number of anilines is 2. The van der Waals surface area contributed by atoms with Crippen LogP contribution in [0.5, 0.6) is 0 Å². The van der Waals surface area contributed by atoms with Gasteiger partial charge in [0.2, 0.25) is 5.13 Å². The van der Waals surface area contributed by atoms with E-state index in [0.29, 0.717) is 29.4 Å². The number of aromatic nitrogens is 3. The molecule has 2 saturated heterocycles. The van der Waals surface area contributed by atoms with Crippen molar-refractivity contribution in [1.29, 1.82) is 0 Å². The van der Waals surface area contributed by atoms with Gasteiger partial charge in [0.25, 0.3) is 6.47 Å². The zero-order valence-corrected chi connectivity index (χ0v) is 18.7. The van der Waals surface area contributed by atoms with E-state index >= 15 is 0 Å². The first-order valence-electron chi connectivity index (χ1n) is 9.51. The Hall–Kier alpha value is -1.97. The van der Waals surface area contributed by atoms with Gasteiger partial charge in [-0.15, -0.1) is 10.2 Å². The maximum atomic E-state index is 9.60. The van der Waals surface area contributed by atoms with Crippen LogP contribution in [-0.4, -0.2) is 64.4 Å². The Kier molecular flexibility index (Phi) is 6.60. The second-order valence-electron chi connectivity index (χ2n) is 8.27. The molecule has 8 nitrogen and oxygen atoms in total. The third-order valence-electron chi connectivity index (χ3n) is 5.07. The van der Waals surface area contributed by atoms with Crippen LogP contribution in [0, 0.1) is 0 Å². The first kappa shape index (κ1) is 21.7. The highest BCUT2D eigenvalue weighted by atomic mass is 35.5. The zero-order valence-electron chi connectivity index (χ0n) is 17.1. The fourth-order valence-corrected chi connectivity index (χ4v) is 4.55. The maximum absolute atomic E-state index is 9.60. The molecule has 4 rings (SSSR count). The fraction of sp³-hybridized carbons (Fsp3) is 0.579. The van der Waals surface area contributed by atoms with Gasteiger partial charge in [0.05, 0.1) is 5.56 Å². The lowest BCUT2D eigenvalue weighted by atomic mass is 10.2. The molecule has 2 aliphatic heterocycles. The van der Waals surface area contributed by atoms with Crippen molar-refractivity contribution in [3.05, 3.63) is 17.4 Å². The van der Waals surface area contributed by atoms with Gasteiger partial charge in [-0.25, -0.2) is 4.98 Å². The van der Waals surface area contributed by atoms with Crippen LogP contribution in [0.4, 0.5) is 10.8 Å². The molecule has 2 bridgehead atoms. The molecule has 2 aromatic heterocycles. The van der Waals surface area contributed by atoms with Crippen molar-refractivity contribution in [2.75, 3.05) is 30.8 Å². The Bertz CT molecular complexity index is 841. The van der Waals surface area contributed by atoms with Gasteiger partial charge in [-0.05, 0) is 46.7 Å². The van der Waals surface area contributed by atoms with Gasteiger partial charge >= 0.3 is 0 Å². The van der Waals surface area contributed by atoms with Crippen molar-refractivity contribution >= 4 is 40.2 Å². The molecule has 0 amide bonds. The van der Waals surface area contributed by atoms with Crippen molar-refractivity contribution in [3.63, 3.8) is 0 Å². The average Bonchev–Trinajstić information content (AvgIpc) is 3.16. The Morgan fingerprint density at radius 1 is 1.28 bits per heavy atom. The third kappa shape index (κ3) is 5.34. The van der Waals surface area contributed by atoms with Gasteiger partial charge in [-0.2, -0.15) is 0 Å². The van der Waals surface area contributed by atoms with Crippen molar-refractivity contribution in [3.8, 4) is 10.6 Å². The van der Waals surface area contributed by atoms with Crippen molar-refractivity contribution in [2.45, 2.75) is 51.3 Å². The molecule has 2 aliphatic rings. The summed E-state index contributed by atoms with van der Waals surface area (Å²) >= 11 is 7.42. The Labute approximate surface area is 180 Å². The Morgan fingerprint density at radius 2 is 1.93 bits per heavy atom. The number of likely N-dealkylation sites (N-methyl/N-ethyl adjacent to an activating group) is 1. The molecule has 0 radical (unpaired) electrons. The van der Waals surface area contributed by atoms with Crippen LogP contribution in [0.25, 0.3) is 10.6 Å². The summed E-state index contributed by atoms with van der Waals surface area (Å²) in [5, 5.41) is 10.8. The topological polar surface area (TPSA) is 97.5 Å². The van der Waals surface area contributed by atoms with E-state index in [1.54, 1.807) is 23.6 Å². The standard InChI is InChI=1S/C14H17ClN6S.C5H10O2/c1-20-8-2-3-9(20)7-21(6-8)14-19-18-13(22-14)10-5-17-12(15)4-11(10)16;1-5(2,3)7-4-6/h4-5,8-9H,2-3,6-7H2,1H3,(H2,16,17);4H,1-3H3. The Morgan fingerprint density at radius 3 is 2.45 bits per heavy atom. The van der Waals surface area contributed by atoms with Crippen LogP contribution in [0.1, 0.15) is 33.6 Å². The number of hydrogen-bond donors (Lipinski definition) is 1. The molecule has 0 aliphatic carbocycles. The van der Waals surface area contributed by atoms with E-state index in [-0.39, 0.29) is 5.60 Å². The lowest BCUT2D eigenvalue weighted by Gasteiger charge is -2.38. The third-order valence-corrected chi connectivity index (χ3v) is 6.29. The number of nitrogens with two attached hydrogens (primary N) is 1. The summed E-state index contributed by atoms with van der Waals surface area (Å²) in [4.78, 5) is 18.5. The van der Waals surface area contributed by atoms with Gasteiger partial charge in [0, 0.05) is 37.1 Å². The molecule has 2 atom stereocenters. The van der Waals surface area contributed by atoms with Gasteiger partial charge in [0.1, 0.15) is 10.8 Å². The number of hydrogen-bond acceptors (Lipinski definition) is 9. The predicted molar refractivity (Wildman–Crippen MR) is 116 cm³/mol. The largest absolute Gasteiger partial charge is 0.462 e. The molecule has 2 aromatic rings. The highest BCUT2D eigenvalue weighted by Gasteiger charge is 2.38. The molecule has 2 unspecified atom stereocenters. The predicted octanol–water partition coefficient (Wildman–Crippen LogP) is 3.08. The van der Waals surface area contributed by atoms with Crippen LogP contribution >= 0.6 is 22.9 Å². The van der Waals surface area contributed by atoms with Crippen molar-refractivity contribution < 1.29 is 9.53 Å². The fourth-order valence-electron chi connectivity index (χ4n) is 3.49. The molecule has 0 aromatic carbocycles. The summed E-state index contributed by atoms with van der Waals surface area (Å²) in [5.41, 5.74) is 7.07. The molecule has 2 fully saturated rings. The van der Waals surface area contributed by atoms with Crippen LogP contribution in [-0.2, 0) is 9.53 Å². The van der Waals surface area contributed by atoms with Gasteiger partial charge in [-0.3, -0.25) is 9.69 Å². The molecule has 2 N–H and O–H groups in total. The highest BCUT2D eigenvalue weighted by molar-refractivity contribution is 7.18. The first-order chi connectivity index (χ1) is 13.7. The smallest absolute Gasteiger partial charge is 0.293 e. The number of pyridine rings is 1. The molecule has 0 spiro atoms. The number of rotatable bonds is 3. The second kappa shape index (κ2) is 8.81. The maximum Gasteiger partial charge on any atom is 0.293 e. The average molecular weight is 439 g/mol. The quantitative estimate of drug-likeness (QED) is 0.576. The van der Waals surface area contributed by atoms with Gasteiger partial charge in [-0.1, -0.05) is 22.9 Å². The molecule has 10 heteroatoms. The minimum absolute atomic E-state index is 0.318. The second-order valence-corrected chi connectivity index (χ2v) is 9.61. The molecule has 4 heterocycles. The van der Waals surface area contributed by atoms with E-state index in [1.807, 2.05) is 20.8 Å². The minimum atomic E-state index is -0.318. The van der Waals surface area contributed by atoms with Gasteiger partial charge < -0.3 is 15.4 Å². The lowest BCUT2D eigenvalue weighted by molar-refractivity contribution is -0.138.